The molecule has 0 aromatic carbocycles. The van der Waals surface area contributed by atoms with E-state index in [2.05, 4.69) is 10.3 Å². The van der Waals surface area contributed by atoms with Crippen LogP contribution in [0.25, 0.3) is 0 Å². The van der Waals surface area contributed by atoms with E-state index >= 15 is 0 Å². The first-order valence-corrected chi connectivity index (χ1v) is 6.07. The molecule has 1 heterocycles. The molecule has 19 heavy (non-hydrogen) atoms. The maximum absolute atomic E-state index is 11.7. The van der Waals surface area contributed by atoms with Gasteiger partial charge in [-0.1, -0.05) is 6.92 Å². The van der Waals surface area contributed by atoms with Gasteiger partial charge in [-0.25, -0.2) is 9.78 Å². The molecule has 1 amide bonds. The molecular formula is C13H18N2O4. The highest BCUT2D eigenvalue weighted by molar-refractivity contribution is 5.91. The quantitative estimate of drug-likeness (QED) is 0.782. The second-order valence-electron chi connectivity index (χ2n) is 3.93. The molecule has 0 spiro atoms. The Morgan fingerprint density at radius 3 is 2.68 bits per heavy atom. The lowest BCUT2D eigenvalue weighted by molar-refractivity contribution is -0.129. The number of amides is 1. The van der Waals surface area contributed by atoms with Crippen molar-refractivity contribution in [2.24, 2.45) is 0 Å². The summed E-state index contributed by atoms with van der Waals surface area (Å²) >= 11 is 0. The van der Waals surface area contributed by atoms with Crippen molar-refractivity contribution in [1.29, 1.82) is 0 Å². The number of methoxy groups -OCH3 is 1. The zero-order valence-electron chi connectivity index (χ0n) is 11.3. The number of pyridine rings is 1. The fourth-order valence-corrected chi connectivity index (χ4v) is 1.30. The van der Waals surface area contributed by atoms with Gasteiger partial charge in [0.1, 0.15) is 0 Å². The van der Waals surface area contributed by atoms with Gasteiger partial charge in [0.2, 0.25) is 5.88 Å². The van der Waals surface area contributed by atoms with E-state index in [0.717, 1.165) is 6.42 Å². The van der Waals surface area contributed by atoms with Crippen molar-refractivity contribution >= 4 is 11.9 Å². The van der Waals surface area contributed by atoms with Crippen LogP contribution in [0.3, 0.4) is 0 Å². The molecule has 1 N–H and O–H groups in total. The molecule has 1 atom stereocenters. The number of carbonyl (C=O) groups is 2. The lowest BCUT2D eigenvalue weighted by atomic mass is 10.3. The van der Waals surface area contributed by atoms with E-state index in [4.69, 9.17) is 9.47 Å². The van der Waals surface area contributed by atoms with Gasteiger partial charge in [-0.3, -0.25) is 4.79 Å². The average Bonchev–Trinajstić information content (AvgIpc) is 2.44. The van der Waals surface area contributed by atoms with Crippen LogP contribution in [0.15, 0.2) is 18.3 Å². The maximum atomic E-state index is 11.7. The van der Waals surface area contributed by atoms with Gasteiger partial charge in [-0.2, -0.15) is 0 Å². The first kappa shape index (κ1) is 14.9. The van der Waals surface area contributed by atoms with Crippen molar-refractivity contribution in [3.63, 3.8) is 0 Å². The molecule has 0 fully saturated rings. The van der Waals surface area contributed by atoms with Crippen LogP contribution in [0.1, 0.15) is 30.6 Å². The molecule has 6 nitrogen and oxygen atoms in total. The summed E-state index contributed by atoms with van der Waals surface area (Å²) in [5.74, 6) is -0.490. The van der Waals surface area contributed by atoms with E-state index in [-0.39, 0.29) is 11.5 Å². The van der Waals surface area contributed by atoms with Crippen LogP contribution in [0.2, 0.25) is 0 Å². The van der Waals surface area contributed by atoms with Crippen LogP contribution in [-0.2, 0) is 9.53 Å². The molecule has 1 unspecified atom stereocenters. The van der Waals surface area contributed by atoms with Crippen molar-refractivity contribution in [2.45, 2.75) is 26.4 Å². The van der Waals surface area contributed by atoms with Crippen LogP contribution in [0, 0.1) is 0 Å². The fourth-order valence-electron chi connectivity index (χ4n) is 1.30. The van der Waals surface area contributed by atoms with Crippen molar-refractivity contribution in [2.75, 3.05) is 13.7 Å². The summed E-state index contributed by atoms with van der Waals surface area (Å²) in [6, 6.07) is 3.09. The van der Waals surface area contributed by atoms with Gasteiger partial charge in [0, 0.05) is 18.8 Å². The molecule has 104 valence electrons. The second kappa shape index (κ2) is 7.35. The second-order valence-corrected chi connectivity index (χ2v) is 3.93. The molecule has 0 saturated carbocycles. The van der Waals surface area contributed by atoms with E-state index in [0.29, 0.717) is 12.4 Å². The molecule has 0 aliphatic rings. The zero-order chi connectivity index (χ0) is 14.3. The van der Waals surface area contributed by atoms with Gasteiger partial charge in [-0.15, -0.1) is 0 Å². The molecule has 0 aliphatic heterocycles. The Morgan fingerprint density at radius 1 is 1.42 bits per heavy atom. The van der Waals surface area contributed by atoms with Gasteiger partial charge < -0.3 is 14.8 Å². The topological polar surface area (TPSA) is 77.5 Å². The van der Waals surface area contributed by atoms with Gasteiger partial charge in [0.05, 0.1) is 12.7 Å². The number of nitrogens with one attached hydrogen (secondary N) is 1. The Morgan fingerprint density at radius 2 is 2.16 bits per heavy atom. The smallest absolute Gasteiger partial charge is 0.340 e. The van der Waals surface area contributed by atoms with Crippen LogP contribution in [0.4, 0.5) is 0 Å². The largest absolute Gasteiger partial charge is 0.481 e. The van der Waals surface area contributed by atoms with Crippen LogP contribution >= 0.6 is 0 Å². The van der Waals surface area contributed by atoms with E-state index in [9.17, 15) is 9.59 Å². The molecule has 1 aromatic heterocycles. The number of hydrogen-bond acceptors (Lipinski definition) is 5. The van der Waals surface area contributed by atoms with E-state index < -0.39 is 12.1 Å². The van der Waals surface area contributed by atoms with E-state index in [1.807, 2.05) is 6.92 Å². The summed E-state index contributed by atoms with van der Waals surface area (Å²) in [5, 5.41) is 2.66. The predicted molar refractivity (Wildman–Crippen MR) is 69.0 cm³/mol. The fraction of sp³-hybridized carbons (Fsp3) is 0.462. The van der Waals surface area contributed by atoms with Crippen LogP contribution < -0.4 is 10.1 Å². The van der Waals surface area contributed by atoms with E-state index in [1.54, 1.807) is 6.07 Å². The molecule has 0 radical (unpaired) electrons. The van der Waals surface area contributed by atoms with Crippen LogP contribution in [0.5, 0.6) is 5.88 Å². The third kappa shape index (κ3) is 4.57. The Bertz CT molecular complexity index is 431. The molecule has 0 saturated heterocycles. The number of aromatic nitrogens is 1. The summed E-state index contributed by atoms with van der Waals surface area (Å²) in [6.07, 6.45) is 1.34. The predicted octanol–water partition coefficient (Wildman–Crippen LogP) is 1.16. The molecular weight excluding hydrogens is 248 g/mol. The van der Waals surface area contributed by atoms with Crippen LogP contribution in [-0.4, -0.2) is 36.6 Å². The third-order valence-electron chi connectivity index (χ3n) is 2.38. The molecule has 0 bridgehead atoms. The standard InChI is InChI=1S/C13H18N2O4/c1-4-7-14-12(16)9(2)19-13(17)10-5-6-11(18-3)15-8-10/h5-6,8-9H,4,7H2,1-3H3,(H,14,16). The summed E-state index contributed by atoms with van der Waals surface area (Å²) in [6.45, 7) is 4.03. The Hall–Kier alpha value is -2.11. The van der Waals surface area contributed by atoms with Gasteiger partial charge in [-0.05, 0) is 19.4 Å². The first-order valence-electron chi connectivity index (χ1n) is 6.07. The average molecular weight is 266 g/mol. The number of rotatable bonds is 6. The highest BCUT2D eigenvalue weighted by Gasteiger charge is 2.18. The highest BCUT2D eigenvalue weighted by atomic mass is 16.5. The van der Waals surface area contributed by atoms with Crippen molar-refractivity contribution in [3.05, 3.63) is 23.9 Å². The van der Waals surface area contributed by atoms with E-state index in [1.165, 1.54) is 26.3 Å². The van der Waals surface area contributed by atoms with Crippen molar-refractivity contribution < 1.29 is 19.1 Å². The molecule has 6 heteroatoms. The molecule has 0 aliphatic carbocycles. The third-order valence-corrected chi connectivity index (χ3v) is 2.38. The summed E-state index contributed by atoms with van der Waals surface area (Å²) < 4.78 is 9.92. The Kier molecular flexibility index (Phi) is 5.78. The van der Waals surface area contributed by atoms with Gasteiger partial charge in [0.15, 0.2) is 6.10 Å². The van der Waals surface area contributed by atoms with Crippen molar-refractivity contribution in [3.8, 4) is 5.88 Å². The lowest BCUT2D eigenvalue weighted by Crippen LogP contribution is -2.36. The summed E-state index contributed by atoms with van der Waals surface area (Å²) in [7, 11) is 1.49. The Balaban J connectivity index is 2.55. The number of carbonyl (C=O) groups excluding carboxylic acids is 2. The number of nitrogens with zero attached hydrogens (tertiary/aromatic N) is 1. The van der Waals surface area contributed by atoms with Crippen molar-refractivity contribution in [1.82, 2.24) is 10.3 Å². The lowest BCUT2D eigenvalue weighted by Gasteiger charge is -2.13. The number of hydrogen-bond donors (Lipinski definition) is 1. The summed E-state index contributed by atoms with van der Waals surface area (Å²) in [5.41, 5.74) is 0.274. The summed E-state index contributed by atoms with van der Waals surface area (Å²) in [4.78, 5) is 27.2. The highest BCUT2D eigenvalue weighted by Crippen LogP contribution is 2.08. The number of ether oxygens (including phenoxy) is 2. The minimum absolute atomic E-state index is 0.274. The van der Waals surface area contributed by atoms with Gasteiger partial charge in [0.25, 0.3) is 5.91 Å². The maximum Gasteiger partial charge on any atom is 0.340 e. The molecule has 1 aromatic rings. The first-order chi connectivity index (χ1) is 9.08. The minimum Gasteiger partial charge on any atom is -0.481 e. The molecule has 1 rings (SSSR count). The Labute approximate surface area is 112 Å². The zero-order valence-corrected chi connectivity index (χ0v) is 11.3. The minimum atomic E-state index is -0.832. The SMILES string of the molecule is CCCNC(=O)C(C)OC(=O)c1ccc(OC)nc1. The van der Waals surface area contributed by atoms with Gasteiger partial charge >= 0.3 is 5.97 Å². The normalized spacial score (nSPS) is 11.5. The number of esters is 1. The monoisotopic (exact) mass is 266 g/mol.